The first-order valence-electron chi connectivity index (χ1n) is 35.1. The molecule has 0 heterocycles. The summed E-state index contributed by atoms with van der Waals surface area (Å²) in [6, 6.07) is 6.24. The van der Waals surface area contributed by atoms with Gasteiger partial charge in [0, 0.05) is 82.6 Å². The average molecular weight is 1230 g/mol. The van der Waals surface area contributed by atoms with E-state index in [0.29, 0.717) is 49.9 Å². The molecule has 6 saturated carbocycles. The lowest BCUT2D eigenvalue weighted by Crippen LogP contribution is -2.43. The zero-order valence-corrected chi connectivity index (χ0v) is 60.7. The summed E-state index contributed by atoms with van der Waals surface area (Å²) in [6.07, 6.45) is 39.6. The van der Waals surface area contributed by atoms with Crippen LogP contribution in [0.2, 0.25) is 49.9 Å². The fourth-order valence-corrected chi connectivity index (χ4v) is 39.4. The minimum atomic E-state index is -1.97. The lowest BCUT2D eigenvalue weighted by molar-refractivity contribution is 0.528. The molecule has 3 heteroatoms. The Morgan fingerprint density at radius 1 is 0.256 bits per heavy atom. The number of rotatable bonds is 9. The van der Waals surface area contributed by atoms with Crippen molar-refractivity contribution in [3.63, 3.8) is 0 Å². The fourth-order valence-electron chi connectivity index (χ4n) is 23.8. The van der Waals surface area contributed by atoms with E-state index in [9.17, 15) is 0 Å². The van der Waals surface area contributed by atoms with E-state index in [4.69, 9.17) is 0 Å². The van der Waals surface area contributed by atoms with Crippen molar-refractivity contribution in [3.8, 4) is 105 Å². The van der Waals surface area contributed by atoms with Crippen molar-refractivity contribution in [2.24, 2.45) is 48.7 Å². The second-order valence-electron chi connectivity index (χ2n) is 32.3. The van der Waals surface area contributed by atoms with Gasteiger partial charge in [0.15, 0.2) is 0 Å². The summed E-state index contributed by atoms with van der Waals surface area (Å²) in [5.41, 5.74) is 27.8. The van der Waals surface area contributed by atoms with Crippen molar-refractivity contribution in [1.29, 1.82) is 0 Å². The lowest BCUT2D eigenvalue weighted by Gasteiger charge is -2.38. The third-order valence-corrected chi connectivity index (χ3v) is 46.1. The minimum absolute atomic E-state index is 0.0843. The van der Waals surface area contributed by atoms with E-state index in [1.807, 2.05) is 0 Å². The van der Waals surface area contributed by atoms with Crippen molar-refractivity contribution in [1.82, 2.24) is 0 Å². The SMILES string of the molecule is CC(C)[Si](C#CC1=C(C#CC#Cc2cc(C#CC#CC3=C(C#C[Si](C(C)C)(C(C)C)C(C)C)C34C35C=CC=CC34CCC5)cc(C#CC#CC3=C(C#C[Si](C(C)C)(C(C)C)C(C)C)C34C35C=CC=CC34CCC5)c2)C12C13C=CC=CC12CCC3)(C(C)C)C(C)C. The Hall–Kier alpha value is -6.43. The molecule has 3 spiro atoms. The minimum Gasteiger partial charge on any atom is -0.125 e. The summed E-state index contributed by atoms with van der Waals surface area (Å²) in [5, 5.41) is 0. The van der Waals surface area contributed by atoms with Crippen LogP contribution in [0, 0.1) is 154 Å². The maximum Gasteiger partial charge on any atom is 0.146 e. The largest absolute Gasteiger partial charge is 0.146 e. The van der Waals surface area contributed by atoms with E-state index in [0.717, 1.165) is 16.7 Å². The third kappa shape index (κ3) is 7.45. The molecule has 0 amide bonds. The van der Waals surface area contributed by atoms with Crippen LogP contribution in [0.15, 0.2) is 125 Å². The van der Waals surface area contributed by atoms with Crippen LogP contribution in [0.1, 0.15) is 199 Å². The van der Waals surface area contributed by atoms with Gasteiger partial charge in [-0.3, -0.25) is 0 Å². The smallest absolute Gasteiger partial charge is 0.125 e. The lowest BCUT2D eigenvalue weighted by atomic mass is 9.92. The number of hydrogen-bond acceptors (Lipinski definition) is 0. The summed E-state index contributed by atoms with van der Waals surface area (Å²) in [7, 11) is -5.92. The maximum atomic E-state index is 4.11. The third-order valence-electron chi connectivity index (χ3n) is 27.2. The van der Waals surface area contributed by atoms with E-state index in [1.54, 1.807) is 0 Å². The Morgan fingerprint density at radius 2 is 0.433 bits per heavy atom. The van der Waals surface area contributed by atoms with Gasteiger partial charge in [-0.05, 0) is 142 Å². The quantitative estimate of drug-likeness (QED) is 0.171. The van der Waals surface area contributed by atoms with E-state index in [2.05, 4.69) is 321 Å². The molecule has 1 aromatic carbocycles. The van der Waals surface area contributed by atoms with Crippen LogP contribution >= 0.6 is 0 Å². The molecule has 12 aliphatic rings. The molecule has 13 rings (SSSR count). The van der Waals surface area contributed by atoms with Gasteiger partial charge in [0.25, 0.3) is 0 Å². The van der Waals surface area contributed by atoms with Crippen LogP contribution in [0.5, 0.6) is 0 Å². The molecule has 0 aliphatic heterocycles. The van der Waals surface area contributed by atoms with Gasteiger partial charge < -0.3 is 0 Å². The van der Waals surface area contributed by atoms with Gasteiger partial charge in [0.2, 0.25) is 0 Å². The molecule has 6 fully saturated rings. The molecule has 456 valence electrons. The second-order valence-corrected chi connectivity index (χ2v) is 49.0. The van der Waals surface area contributed by atoms with Gasteiger partial charge in [0.1, 0.15) is 24.2 Å². The Bertz CT molecular complexity index is 3690. The molecule has 0 saturated heterocycles. The highest BCUT2D eigenvalue weighted by molar-refractivity contribution is 6.91. The van der Waals surface area contributed by atoms with Crippen LogP contribution in [0.3, 0.4) is 0 Å². The van der Waals surface area contributed by atoms with Gasteiger partial charge in [-0.2, -0.15) is 0 Å². The maximum absolute atomic E-state index is 4.11. The molecule has 1 aromatic rings. The van der Waals surface area contributed by atoms with Crippen LogP contribution in [0.25, 0.3) is 0 Å². The summed E-state index contributed by atoms with van der Waals surface area (Å²) >= 11 is 0. The predicted molar refractivity (Wildman–Crippen MR) is 386 cm³/mol. The molecule has 0 nitrogen and oxygen atoms in total. The summed E-state index contributed by atoms with van der Waals surface area (Å²) in [6.45, 7) is 43.4. The number of allylic oxidation sites excluding steroid dienone is 18. The van der Waals surface area contributed by atoms with Gasteiger partial charge in [-0.1, -0.05) is 270 Å². The fraction of sp³-hybridized carbons (Fsp3) is 0.517. The Labute approximate surface area is 548 Å². The second kappa shape index (κ2) is 21.0. The van der Waals surface area contributed by atoms with Crippen molar-refractivity contribution >= 4 is 24.2 Å². The monoisotopic (exact) mass is 1220 g/mol. The van der Waals surface area contributed by atoms with E-state index in [-0.39, 0.29) is 48.7 Å². The average Bonchev–Trinajstić information content (AvgIpc) is 1.42. The standard InChI is InChI=1S/C87H96Si3/c1-61(2)88(62(3)4,63(5)6)55-40-76-73(85(76)79-43-25-26-44-80(79,85)50-31-49-79)37-22-19-34-70-58-71(35-20-23-38-74-77(41-56-89(64(7)8,65(9)10)66(11)12)86(74)81-45-27-28-46-82(81,86)52-32-51-81)60-72(59-70)36-21-24-39-75-78(42-57-90(67(13)14,68(15)16)69(17)18)87(75)83-47-29-30-48-84(83,87)54-33-53-83/h25-30,43-48,58-69H,31-33,49-54H2,1-18H3. The molecular weight excluding hydrogens is 1130 g/mol. The number of benzene rings is 1. The van der Waals surface area contributed by atoms with E-state index < -0.39 is 24.2 Å². The van der Waals surface area contributed by atoms with Gasteiger partial charge in [-0.15, -0.1) is 16.6 Å². The van der Waals surface area contributed by atoms with Crippen molar-refractivity contribution in [2.75, 3.05) is 0 Å². The van der Waals surface area contributed by atoms with Gasteiger partial charge in [0.05, 0.1) is 16.2 Å². The Kier molecular flexibility index (Phi) is 14.6. The highest BCUT2D eigenvalue weighted by Crippen LogP contribution is 3.00. The molecule has 0 bridgehead atoms. The predicted octanol–water partition coefficient (Wildman–Crippen LogP) is 20.2. The summed E-state index contributed by atoms with van der Waals surface area (Å²) < 4.78 is 0. The Morgan fingerprint density at radius 3 is 0.622 bits per heavy atom. The van der Waals surface area contributed by atoms with Crippen molar-refractivity contribution in [2.45, 2.75) is 232 Å². The van der Waals surface area contributed by atoms with Crippen LogP contribution in [0.4, 0.5) is 0 Å². The van der Waals surface area contributed by atoms with Crippen molar-refractivity contribution in [3.05, 3.63) is 141 Å². The highest BCUT2D eigenvalue weighted by atomic mass is 28.3. The van der Waals surface area contributed by atoms with Crippen LogP contribution in [-0.4, -0.2) is 24.2 Å². The zero-order chi connectivity index (χ0) is 64.1. The van der Waals surface area contributed by atoms with Crippen molar-refractivity contribution < 1.29 is 0 Å². The highest BCUT2D eigenvalue weighted by Gasteiger charge is 2.96. The topological polar surface area (TPSA) is 0 Å². The van der Waals surface area contributed by atoms with Gasteiger partial charge in [-0.25, -0.2) is 0 Å². The first-order chi connectivity index (χ1) is 42.9. The molecule has 0 N–H and O–H groups in total. The molecule has 0 radical (unpaired) electrons. The van der Waals surface area contributed by atoms with Gasteiger partial charge >= 0.3 is 0 Å². The van der Waals surface area contributed by atoms with E-state index >= 15 is 0 Å². The molecular formula is C87H96Si3. The normalized spacial score (nSPS) is 32.7. The van der Waals surface area contributed by atoms with Crippen LogP contribution in [-0.2, 0) is 0 Å². The van der Waals surface area contributed by atoms with Crippen LogP contribution < -0.4 is 0 Å². The Balaban J connectivity index is 0.882. The first kappa shape index (κ1) is 62.4. The molecule has 6 unspecified atom stereocenters. The zero-order valence-electron chi connectivity index (χ0n) is 57.7. The summed E-state index contributed by atoms with van der Waals surface area (Å²) in [4.78, 5) is 0. The molecule has 6 atom stereocenters. The first-order valence-corrected chi connectivity index (χ1v) is 41.8. The summed E-state index contributed by atoms with van der Waals surface area (Å²) in [5.74, 6) is 53.8. The molecule has 90 heavy (non-hydrogen) atoms. The number of hydrogen-bond donors (Lipinski definition) is 0. The molecule has 0 aromatic heterocycles. The molecule has 12 aliphatic carbocycles. The van der Waals surface area contributed by atoms with E-state index in [1.165, 1.54) is 91.2 Å².